The van der Waals surface area contributed by atoms with Crippen LogP contribution >= 0.6 is 11.3 Å². The minimum Gasteiger partial charge on any atom is -0.351 e. The van der Waals surface area contributed by atoms with Crippen LogP contribution in [0.25, 0.3) is 0 Å². The topological polar surface area (TPSA) is 67.2 Å². The highest BCUT2D eigenvalue weighted by molar-refractivity contribution is 7.10. The SMILES string of the molecule is Cc1nn(C)cc1[C@H](C(=O)NC1CCCCC1)N(C(=O)Cc1cccs1)c1ccc(C(C)C)cc1. The molecule has 3 aromatic rings. The standard InChI is InChI=1S/C28H36N4O2S/c1-19(2)21-12-14-23(15-13-21)32(26(33)17-24-11-8-16-35-24)27(25-18-31(4)30-20(25)3)28(34)29-22-9-6-5-7-10-22/h8,11-16,18-19,22,27H,5-7,9-10,17H2,1-4H3,(H,29,34)/t27-/m1/s1. The highest BCUT2D eigenvalue weighted by Gasteiger charge is 2.36. The van der Waals surface area contributed by atoms with Gasteiger partial charge in [0.05, 0.1) is 12.1 Å². The van der Waals surface area contributed by atoms with E-state index in [1.165, 1.54) is 12.0 Å². The van der Waals surface area contributed by atoms with Crippen molar-refractivity contribution in [1.82, 2.24) is 15.1 Å². The molecule has 35 heavy (non-hydrogen) atoms. The number of thiophene rings is 1. The predicted octanol–water partition coefficient (Wildman–Crippen LogP) is 5.68. The van der Waals surface area contributed by atoms with Crippen molar-refractivity contribution in [3.63, 3.8) is 0 Å². The van der Waals surface area contributed by atoms with Crippen molar-refractivity contribution in [2.75, 3.05) is 4.90 Å². The quantitative estimate of drug-likeness (QED) is 0.440. The van der Waals surface area contributed by atoms with Gasteiger partial charge in [-0.3, -0.25) is 19.2 Å². The van der Waals surface area contributed by atoms with Crippen molar-refractivity contribution in [2.45, 2.75) is 77.3 Å². The maximum Gasteiger partial charge on any atom is 0.248 e. The molecule has 0 saturated heterocycles. The van der Waals surface area contributed by atoms with Crippen LogP contribution in [0.4, 0.5) is 5.69 Å². The number of nitrogens with zero attached hydrogens (tertiary/aromatic N) is 3. The molecule has 1 fully saturated rings. The molecule has 1 N–H and O–H groups in total. The first-order chi connectivity index (χ1) is 16.8. The number of anilines is 1. The number of carbonyl (C=O) groups is 2. The van der Waals surface area contributed by atoms with E-state index in [2.05, 4.69) is 36.4 Å². The second-order valence-corrected chi connectivity index (χ2v) is 10.9. The van der Waals surface area contributed by atoms with Gasteiger partial charge in [0.1, 0.15) is 6.04 Å². The fraction of sp³-hybridized carbons (Fsp3) is 0.464. The molecular weight excluding hydrogens is 456 g/mol. The molecule has 0 radical (unpaired) electrons. The van der Waals surface area contributed by atoms with Crippen molar-refractivity contribution < 1.29 is 9.59 Å². The number of rotatable bonds is 8. The molecule has 0 aliphatic heterocycles. The summed E-state index contributed by atoms with van der Waals surface area (Å²) in [5.74, 6) is 0.141. The van der Waals surface area contributed by atoms with Gasteiger partial charge in [0.25, 0.3) is 0 Å². The van der Waals surface area contributed by atoms with E-state index in [1.807, 2.05) is 49.8 Å². The van der Waals surface area contributed by atoms with Gasteiger partial charge in [-0.1, -0.05) is 51.3 Å². The van der Waals surface area contributed by atoms with Crippen LogP contribution in [0.1, 0.15) is 79.6 Å². The number of aromatic nitrogens is 2. The lowest BCUT2D eigenvalue weighted by atomic mass is 9.94. The van der Waals surface area contributed by atoms with E-state index in [4.69, 9.17) is 0 Å². The highest BCUT2D eigenvalue weighted by atomic mass is 32.1. The van der Waals surface area contributed by atoms with Gasteiger partial charge in [-0.25, -0.2) is 0 Å². The molecule has 0 bridgehead atoms. The van der Waals surface area contributed by atoms with Crippen molar-refractivity contribution in [3.05, 3.63) is 69.7 Å². The van der Waals surface area contributed by atoms with Crippen molar-refractivity contribution in [3.8, 4) is 0 Å². The van der Waals surface area contributed by atoms with E-state index in [-0.39, 0.29) is 24.3 Å². The first-order valence-corrected chi connectivity index (χ1v) is 13.5. The van der Waals surface area contributed by atoms with E-state index in [9.17, 15) is 9.59 Å². The van der Waals surface area contributed by atoms with Gasteiger partial charge in [0.2, 0.25) is 11.8 Å². The second kappa shape index (κ2) is 11.2. The second-order valence-electron chi connectivity index (χ2n) is 9.86. The molecule has 2 amide bonds. The first kappa shape index (κ1) is 25.2. The van der Waals surface area contributed by atoms with Gasteiger partial charge in [0, 0.05) is 35.4 Å². The summed E-state index contributed by atoms with van der Waals surface area (Å²) < 4.78 is 1.72. The summed E-state index contributed by atoms with van der Waals surface area (Å²) in [6, 6.07) is 11.3. The molecule has 4 rings (SSSR count). The van der Waals surface area contributed by atoms with E-state index < -0.39 is 6.04 Å². The molecule has 1 aliphatic rings. The predicted molar refractivity (Wildman–Crippen MR) is 142 cm³/mol. The van der Waals surface area contributed by atoms with E-state index in [0.717, 1.165) is 47.5 Å². The number of hydrogen-bond acceptors (Lipinski definition) is 4. The number of amides is 2. The molecule has 6 nitrogen and oxygen atoms in total. The van der Waals surface area contributed by atoms with Crippen LogP contribution < -0.4 is 10.2 Å². The Morgan fingerprint density at radius 1 is 1.14 bits per heavy atom. The fourth-order valence-corrected chi connectivity index (χ4v) is 5.61. The van der Waals surface area contributed by atoms with Gasteiger partial charge in [0.15, 0.2) is 0 Å². The van der Waals surface area contributed by atoms with E-state index >= 15 is 0 Å². The number of nitrogens with one attached hydrogen (secondary N) is 1. The van der Waals surface area contributed by atoms with Crippen LogP contribution in [0.5, 0.6) is 0 Å². The van der Waals surface area contributed by atoms with Crippen LogP contribution in [0.15, 0.2) is 48.0 Å². The van der Waals surface area contributed by atoms with E-state index in [1.54, 1.807) is 20.9 Å². The Bertz CT molecular complexity index is 1130. The van der Waals surface area contributed by atoms with Crippen LogP contribution in [0.2, 0.25) is 0 Å². The number of benzene rings is 1. The Balaban J connectivity index is 1.76. The summed E-state index contributed by atoms with van der Waals surface area (Å²) in [5.41, 5.74) is 3.43. The van der Waals surface area contributed by atoms with Crippen LogP contribution in [-0.4, -0.2) is 27.6 Å². The van der Waals surface area contributed by atoms with Crippen LogP contribution in [0, 0.1) is 6.92 Å². The zero-order valence-corrected chi connectivity index (χ0v) is 22.0. The lowest BCUT2D eigenvalue weighted by molar-refractivity contribution is -0.127. The lowest BCUT2D eigenvalue weighted by Gasteiger charge is -2.33. The van der Waals surface area contributed by atoms with Crippen LogP contribution in [0.3, 0.4) is 0 Å². The van der Waals surface area contributed by atoms with Crippen molar-refractivity contribution >= 4 is 28.8 Å². The molecule has 186 valence electrons. The molecule has 2 heterocycles. The number of hydrogen-bond donors (Lipinski definition) is 1. The maximum atomic E-state index is 13.9. The molecule has 1 aromatic carbocycles. The minimum atomic E-state index is -0.789. The zero-order chi connectivity index (χ0) is 24.9. The van der Waals surface area contributed by atoms with Crippen molar-refractivity contribution in [2.24, 2.45) is 7.05 Å². The Kier molecular flexibility index (Phi) is 8.06. The molecule has 1 atom stereocenters. The van der Waals surface area contributed by atoms with E-state index in [0.29, 0.717) is 5.92 Å². The molecular formula is C28H36N4O2S. The Labute approximate surface area is 212 Å². The number of carbonyl (C=O) groups excluding carboxylic acids is 2. The molecule has 0 spiro atoms. The fourth-order valence-electron chi connectivity index (χ4n) is 4.92. The summed E-state index contributed by atoms with van der Waals surface area (Å²) in [4.78, 5) is 30.5. The third-order valence-electron chi connectivity index (χ3n) is 6.82. The highest BCUT2D eigenvalue weighted by Crippen LogP contribution is 2.32. The van der Waals surface area contributed by atoms with Crippen LogP contribution in [-0.2, 0) is 23.1 Å². The Morgan fingerprint density at radius 2 is 1.86 bits per heavy atom. The van der Waals surface area contributed by atoms with Gasteiger partial charge >= 0.3 is 0 Å². The third-order valence-corrected chi connectivity index (χ3v) is 7.69. The average molecular weight is 493 g/mol. The smallest absolute Gasteiger partial charge is 0.248 e. The summed E-state index contributed by atoms with van der Waals surface area (Å²) in [5, 5.41) is 9.77. The van der Waals surface area contributed by atoms with Crippen molar-refractivity contribution in [1.29, 1.82) is 0 Å². The summed E-state index contributed by atoms with van der Waals surface area (Å²) in [7, 11) is 1.85. The summed E-state index contributed by atoms with van der Waals surface area (Å²) >= 11 is 1.56. The summed E-state index contributed by atoms with van der Waals surface area (Å²) in [6.07, 6.45) is 7.54. The molecule has 1 saturated carbocycles. The van der Waals surface area contributed by atoms with Gasteiger partial charge < -0.3 is 5.32 Å². The summed E-state index contributed by atoms with van der Waals surface area (Å²) in [6.45, 7) is 6.20. The lowest BCUT2D eigenvalue weighted by Crippen LogP contribution is -2.47. The largest absolute Gasteiger partial charge is 0.351 e. The third kappa shape index (κ3) is 6.01. The molecule has 0 unspecified atom stereocenters. The average Bonchev–Trinajstić information content (AvgIpc) is 3.46. The number of aryl methyl sites for hydroxylation is 2. The zero-order valence-electron chi connectivity index (χ0n) is 21.2. The Hall–Kier alpha value is -2.93. The van der Waals surface area contributed by atoms with Gasteiger partial charge in [-0.15, -0.1) is 11.3 Å². The molecule has 7 heteroatoms. The Morgan fingerprint density at radius 3 is 2.43 bits per heavy atom. The minimum absolute atomic E-state index is 0.100. The maximum absolute atomic E-state index is 13.9. The normalized spacial score (nSPS) is 15.2. The first-order valence-electron chi connectivity index (χ1n) is 12.6. The van der Waals surface area contributed by atoms with Gasteiger partial charge in [-0.05, 0) is 54.8 Å². The molecule has 1 aliphatic carbocycles. The monoisotopic (exact) mass is 492 g/mol. The molecule has 2 aromatic heterocycles. The van der Waals surface area contributed by atoms with Gasteiger partial charge in [-0.2, -0.15) is 5.10 Å².